The van der Waals surface area contributed by atoms with E-state index in [-0.39, 0.29) is 12.5 Å². The molecule has 0 bridgehead atoms. The Labute approximate surface area is 168 Å². The minimum absolute atomic E-state index is 0.155. The summed E-state index contributed by atoms with van der Waals surface area (Å²) in [5, 5.41) is 3.25. The monoisotopic (exact) mass is 401 g/mol. The lowest BCUT2D eigenvalue weighted by molar-refractivity contribution is -0.140. The number of aromatic nitrogens is 1. The molecular weight excluding hydrogens is 378 g/mol. The van der Waals surface area contributed by atoms with Crippen molar-refractivity contribution in [1.29, 1.82) is 0 Å². The molecule has 1 N–H and O–H groups in total. The van der Waals surface area contributed by atoms with Crippen molar-refractivity contribution in [2.75, 3.05) is 25.2 Å². The van der Waals surface area contributed by atoms with Gasteiger partial charge in [-0.3, -0.25) is 9.59 Å². The smallest absolute Gasteiger partial charge is 0.341 e. The maximum atomic E-state index is 12.4. The minimum atomic E-state index is -1.03. The molecule has 0 radical (unpaired) electrons. The average molecular weight is 401 g/mol. The van der Waals surface area contributed by atoms with Gasteiger partial charge in [0, 0.05) is 18.9 Å². The summed E-state index contributed by atoms with van der Waals surface area (Å²) < 4.78 is 5.26. The molecule has 0 unspecified atom stereocenters. The molecule has 0 aliphatic heterocycles. The van der Waals surface area contributed by atoms with Crippen LogP contribution in [0.4, 0.5) is 5.69 Å². The van der Waals surface area contributed by atoms with E-state index in [2.05, 4.69) is 10.3 Å². The molecule has 1 heterocycles. The normalized spacial score (nSPS) is 11.4. The van der Waals surface area contributed by atoms with E-state index in [0.29, 0.717) is 16.3 Å². The summed E-state index contributed by atoms with van der Waals surface area (Å²) in [6.45, 7) is 3.27. The summed E-state index contributed by atoms with van der Waals surface area (Å²) in [7, 11) is 1.48. The third-order valence-corrected chi connectivity index (χ3v) is 4.62. The molecule has 1 aromatic carbocycles. The van der Waals surface area contributed by atoms with Crippen LogP contribution in [0.25, 0.3) is 0 Å². The van der Waals surface area contributed by atoms with Crippen LogP contribution in [-0.4, -0.2) is 53.6 Å². The second-order valence-electron chi connectivity index (χ2n) is 6.22. The minimum Gasteiger partial charge on any atom is -0.449 e. The van der Waals surface area contributed by atoms with Gasteiger partial charge in [0.15, 0.2) is 6.10 Å². The number of rotatable bonds is 7. The number of benzene rings is 1. The molecule has 0 spiro atoms. The summed E-state index contributed by atoms with van der Waals surface area (Å²) >= 11 is 1.32. The lowest BCUT2D eigenvalue weighted by Crippen LogP contribution is -2.41. The van der Waals surface area contributed by atoms with Crippen molar-refractivity contribution in [2.24, 2.45) is 0 Å². The number of nitrogens with one attached hydrogen (secondary N) is 1. The highest BCUT2D eigenvalue weighted by atomic mass is 32.2. The fourth-order valence-corrected chi connectivity index (χ4v) is 2.96. The molecule has 148 valence electrons. The third-order valence-electron chi connectivity index (χ3n) is 3.91. The van der Waals surface area contributed by atoms with Crippen LogP contribution in [0.5, 0.6) is 0 Å². The predicted molar refractivity (Wildman–Crippen MR) is 108 cm³/mol. The van der Waals surface area contributed by atoms with Crippen molar-refractivity contribution in [3.05, 3.63) is 53.7 Å². The van der Waals surface area contributed by atoms with Crippen LogP contribution in [0.15, 0.2) is 47.6 Å². The number of hydrogen-bond donors (Lipinski definition) is 1. The van der Waals surface area contributed by atoms with E-state index < -0.39 is 18.0 Å². The van der Waals surface area contributed by atoms with E-state index in [1.54, 1.807) is 36.7 Å². The Bertz CT molecular complexity index is 855. The summed E-state index contributed by atoms with van der Waals surface area (Å²) in [5.41, 5.74) is 2.03. The van der Waals surface area contributed by atoms with Crippen LogP contribution in [0.3, 0.4) is 0 Å². The van der Waals surface area contributed by atoms with Crippen molar-refractivity contribution in [3.8, 4) is 0 Å². The summed E-state index contributed by atoms with van der Waals surface area (Å²) in [4.78, 5) is 42.2. The van der Waals surface area contributed by atoms with Gasteiger partial charge in [0.25, 0.3) is 5.91 Å². The number of aryl methyl sites for hydroxylation is 1. The Morgan fingerprint density at radius 2 is 1.89 bits per heavy atom. The van der Waals surface area contributed by atoms with Crippen LogP contribution in [0, 0.1) is 6.92 Å². The predicted octanol–water partition coefficient (Wildman–Crippen LogP) is 2.75. The fourth-order valence-electron chi connectivity index (χ4n) is 2.42. The van der Waals surface area contributed by atoms with E-state index in [1.165, 1.54) is 30.6 Å². The van der Waals surface area contributed by atoms with Crippen molar-refractivity contribution in [3.63, 3.8) is 0 Å². The molecule has 1 atom stereocenters. The summed E-state index contributed by atoms with van der Waals surface area (Å²) in [6.07, 6.45) is 2.35. The van der Waals surface area contributed by atoms with Crippen molar-refractivity contribution in [1.82, 2.24) is 9.88 Å². The first-order valence-electron chi connectivity index (χ1n) is 8.63. The largest absolute Gasteiger partial charge is 0.449 e. The molecule has 1 aromatic heterocycles. The van der Waals surface area contributed by atoms with Gasteiger partial charge in [-0.2, -0.15) is 0 Å². The maximum absolute atomic E-state index is 12.4. The molecule has 2 amide bonds. The Kier molecular flexibility index (Phi) is 7.57. The van der Waals surface area contributed by atoms with Gasteiger partial charge in [-0.1, -0.05) is 17.7 Å². The molecular formula is C20H23N3O4S. The van der Waals surface area contributed by atoms with Gasteiger partial charge in [0.1, 0.15) is 5.03 Å². The number of carbonyl (C=O) groups is 3. The van der Waals surface area contributed by atoms with E-state index in [9.17, 15) is 14.4 Å². The Morgan fingerprint density at radius 3 is 2.54 bits per heavy atom. The quantitative estimate of drug-likeness (QED) is 0.567. The van der Waals surface area contributed by atoms with Gasteiger partial charge in [-0.25, -0.2) is 9.78 Å². The summed E-state index contributed by atoms with van der Waals surface area (Å²) in [6, 6.07) is 10.6. The van der Waals surface area contributed by atoms with Gasteiger partial charge in [0.2, 0.25) is 5.91 Å². The molecule has 8 heteroatoms. The number of ether oxygens (including phenoxy) is 1. The Morgan fingerprint density at radius 1 is 1.21 bits per heavy atom. The number of nitrogens with zero attached hydrogens (tertiary/aromatic N) is 2. The van der Waals surface area contributed by atoms with E-state index in [4.69, 9.17) is 4.74 Å². The highest BCUT2D eigenvalue weighted by Gasteiger charge is 2.24. The van der Waals surface area contributed by atoms with Gasteiger partial charge < -0.3 is 15.0 Å². The molecule has 7 nitrogen and oxygen atoms in total. The first-order chi connectivity index (χ1) is 13.3. The molecule has 0 saturated carbocycles. The highest BCUT2D eigenvalue weighted by Crippen LogP contribution is 2.18. The molecule has 0 saturated heterocycles. The third kappa shape index (κ3) is 5.82. The zero-order chi connectivity index (χ0) is 20.7. The number of hydrogen-bond acceptors (Lipinski definition) is 6. The van der Waals surface area contributed by atoms with E-state index in [1.807, 2.05) is 19.1 Å². The van der Waals surface area contributed by atoms with Crippen LogP contribution in [-0.2, 0) is 14.3 Å². The lowest BCUT2D eigenvalue weighted by Gasteiger charge is -2.21. The highest BCUT2D eigenvalue weighted by molar-refractivity contribution is 7.98. The first-order valence-corrected chi connectivity index (χ1v) is 9.85. The second kappa shape index (κ2) is 9.89. The van der Waals surface area contributed by atoms with Gasteiger partial charge in [0.05, 0.1) is 12.1 Å². The van der Waals surface area contributed by atoms with Crippen molar-refractivity contribution >= 4 is 35.2 Å². The number of thioether (sulfide) groups is 1. The molecule has 0 fully saturated rings. The number of pyridine rings is 1. The number of amides is 2. The summed E-state index contributed by atoms with van der Waals surface area (Å²) in [5.74, 6) is -1.44. The average Bonchev–Trinajstić information content (AvgIpc) is 2.68. The zero-order valence-electron chi connectivity index (χ0n) is 16.3. The zero-order valence-corrected chi connectivity index (χ0v) is 17.1. The van der Waals surface area contributed by atoms with Gasteiger partial charge in [-0.15, -0.1) is 11.8 Å². The number of esters is 1. The Hall–Kier alpha value is -2.87. The van der Waals surface area contributed by atoms with Gasteiger partial charge in [-0.05, 0) is 44.4 Å². The molecule has 0 aliphatic rings. The van der Waals surface area contributed by atoms with E-state index >= 15 is 0 Å². The molecule has 2 aromatic rings. The van der Waals surface area contributed by atoms with Crippen molar-refractivity contribution < 1.29 is 19.1 Å². The van der Waals surface area contributed by atoms with Gasteiger partial charge >= 0.3 is 5.97 Å². The topological polar surface area (TPSA) is 88.6 Å². The van der Waals surface area contributed by atoms with Crippen LogP contribution < -0.4 is 5.32 Å². The first kappa shape index (κ1) is 21.4. The van der Waals surface area contributed by atoms with E-state index in [0.717, 1.165) is 5.56 Å². The van der Waals surface area contributed by atoms with Crippen LogP contribution in [0.2, 0.25) is 0 Å². The number of likely N-dealkylation sites (N-methyl/N-ethyl adjacent to an activating group) is 1. The maximum Gasteiger partial charge on any atom is 0.341 e. The standard InChI is InChI=1S/C20H23N3O4S/c1-13-7-9-15(10-8-13)22-17(24)12-23(3)19(25)14(2)27-20(26)16-6-5-11-21-18(16)28-4/h5-11,14H,12H2,1-4H3,(H,22,24)/t14-/m0/s1. The number of carbonyl (C=O) groups excluding carboxylic acids is 3. The van der Waals surface area contributed by atoms with Crippen LogP contribution >= 0.6 is 11.8 Å². The Balaban J connectivity index is 1.91. The van der Waals surface area contributed by atoms with Crippen molar-refractivity contribution in [2.45, 2.75) is 25.0 Å². The molecule has 0 aliphatic carbocycles. The fraction of sp³-hybridized carbons (Fsp3) is 0.300. The molecule has 2 rings (SSSR count). The lowest BCUT2D eigenvalue weighted by atomic mass is 10.2. The SMILES string of the molecule is CSc1ncccc1C(=O)O[C@@H](C)C(=O)N(C)CC(=O)Nc1ccc(C)cc1. The van der Waals surface area contributed by atoms with Crippen LogP contribution in [0.1, 0.15) is 22.8 Å². The number of anilines is 1. The molecule has 28 heavy (non-hydrogen) atoms. The second-order valence-corrected chi connectivity index (χ2v) is 7.01.